The van der Waals surface area contributed by atoms with Crippen LogP contribution in [0.3, 0.4) is 0 Å². The molecule has 2 aliphatic carbocycles. The molecule has 2 saturated heterocycles. The van der Waals surface area contributed by atoms with Crippen molar-refractivity contribution in [2.75, 3.05) is 22.9 Å². The maximum Gasteiger partial charge on any atom is 0.306 e. The molecule has 9 heteroatoms. The number of carbonyl (C=O) groups excluding carboxylic acids is 2. The van der Waals surface area contributed by atoms with Gasteiger partial charge in [0.1, 0.15) is 0 Å². The van der Waals surface area contributed by atoms with E-state index in [-0.39, 0.29) is 29.2 Å². The molecule has 4 fully saturated rings. The SMILES string of the molecule is N[C@H]1CCC[C@]2(CCN(c3cccc(Cl)c3)C2=O)C1.O=C(O)[C@H]1CCC[C@]2(CCN(c3cccc(Cl)c3)C2=O)C1. The zero-order valence-electron chi connectivity index (χ0n) is 22.7. The molecule has 2 spiro atoms. The summed E-state index contributed by atoms with van der Waals surface area (Å²) in [6.45, 7) is 1.43. The molecule has 2 aromatic carbocycles. The molecule has 2 aliphatic heterocycles. The van der Waals surface area contributed by atoms with E-state index in [0.717, 1.165) is 69.3 Å². The Hall–Kier alpha value is -2.61. The van der Waals surface area contributed by atoms with Crippen molar-refractivity contribution < 1.29 is 19.5 Å². The quantitative estimate of drug-likeness (QED) is 0.439. The van der Waals surface area contributed by atoms with Gasteiger partial charge in [0.25, 0.3) is 0 Å². The van der Waals surface area contributed by atoms with E-state index < -0.39 is 11.4 Å². The molecule has 2 amide bonds. The number of hydrogen-bond donors (Lipinski definition) is 2. The molecule has 0 aromatic heterocycles. The summed E-state index contributed by atoms with van der Waals surface area (Å²) in [5, 5.41) is 10.5. The fourth-order valence-corrected chi connectivity index (χ4v) is 7.62. The highest BCUT2D eigenvalue weighted by Gasteiger charge is 2.51. The Morgan fingerprint density at radius 3 is 1.77 bits per heavy atom. The van der Waals surface area contributed by atoms with E-state index in [1.54, 1.807) is 17.0 Å². The zero-order valence-corrected chi connectivity index (χ0v) is 24.2. The maximum atomic E-state index is 12.9. The average molecular weight is 587 g/mol. The molecule has 2 aromatic rings. The Bertz CT molecular complexity index is 1290. The minimum absolute atomic E-state index is 0.0655. The number of nitrogens with zero attached hydrogens (tertiary/aromatic N) is 2. The van der Waals surface area contributed by atoms with Crippen molar-refractivity contribution in [3.05, 3.63) is 58.6 Å². The molecule has 0 unspecified atom stereocenters. The molecule has 40 heavy (non-hydrogen) atoms. The minimum atomic E-state index is -0.775. The summed E-state index contributed by atoms with van der Waals surface area (Å²) in [6, 6.07) is 15.0. The lowest BCUT2D eigenvalue weighted by molar-refractivity contribution is -0.145. The van der Waals surface area contributed by atoms with Gasteiger partial charge in [-0.05, 0) is 87.8 Å². The smallest absolute Gasteiger partial charge is 0.306 e. The molecule has 0 bridgehead atoms. The molecule has 2 saturated carbocycles. The summed E-state index contributed by atoms with van der Waals surface area (Å²) in [5.41, 5.74) is 7.09. The van der Waals surface area contributed by atoms with Crippen molar-refractivity contribution in [2.24, 2.45) is 22.5 Å². The van der Waals surface area contributed by atoms with Gasteiger partial charge in [0.2, 0.25) is 11.8 Å². The Kier molecular flexibility index (Phi) is 8.46. The normalized spacial score (nSPS) is 30.1. The number of halogens is 2. The fraction of sp³-hybridized carbons (Fsp3) is 0.516. The second kappa shape index (κ2) is 11.7. The van der Waals surface area contributed by atoms with Crippen LogP contribution in [0.4, 0.5) is 11.4 Å². The number of carbonyl (C=O) groups is 3. The van der Waals surface area contributed by atoms with Gasteiger partial charge in [-0.2, -0.15) is 0 Å². The largest absolute Gasteiger partial charge is 0.481 e. The lowest BCUT2D eigenvalue weighted by Gasteiger charge is -2.35. The molecule has 4 atom stereocenters. The van der Waals surface area contributed by atoms with E-state index in [4.69, 9.17) is 28.9 Å². The highest BCUT2D eigenvalue weighted by Crippen LogP contribution is 2.48. The van der Waals surface area contributed by atoms with Gasteiger partial charge in [-0.3, -0.25) is 14.4 Å². The molecule has 7 nitrogen and oxygen atoms in total. The minimum Gasteiger partial charge on any atom is -0.481 e. The van der Waals surface area contributed by atoms with Crippen LogP contribution in [0.15, 0.2) is 48.5 Å². The van der Waals surface area contributed by atoms with Crippen LogP contribution in [-0.4, -0.2) is 42.0 Å². The fourth-order valence-electron chi connectivity index (χ4n) is 7.25. The first-order valence-electron chi connectivity index (χ1n) is 14.3. The number of nitrogens with two attached hydrogens (primary N) is 1. The molecule has 4 aliphatic rings. The van der Waals surface area contributed by atoms with Gasteiger partial charge in [0.05, 0.1) is 16.7 Å². The molecular formula is C31H37Cl2N3O4. The Labute approximate surface area is 245 Å². The van der Waals surface area contributed by atoms with E-state index in [2.05, 4.69) is 0 Å². The number of aliphatic carboxylic acids is 1. The number of amides is 2. The summed E-state index contributed by atoms with van der Waals surface area (Å²) in [5.74, 6) is -0.856. The van der Waals surface area contributed by atoms with Crippen LogP contribution >= 0.6 is 23.2 Å². The number of rotatable bonds is 3. The number of carboxylic acid groups (broad SMARTS) is 1. The maximum absolute atomic E-state index is 12.9. The first-order valence-corrected chi connectivity index (χ1v) is 15.0. The molecule has 6 rings (SSSR count). The molecular weight excluding hydrogens is 549 g/mol. The van der Waals surface area contributed by atoms with Crippen molar-refractivity contribution in [3.8, 4) is 0 Å². The van der Waals surface area contributed by atoms with Crippen LogP contribution in [0.2, 0.25) is 10.0 Å². The van der Waals surface area contributed by atoms with E-state index in [0.29, 0.717) is 29.4 Å². The van der Waals surface area contributed by atoms with Crippen molar-refractivity contribution in [1.29, 1.82) is 0 Å². The number of hydrogen-bond acceptors (Lipinski definition) is 4. The highest BCUT2D eigenvalue weighted by molar-refractivity contribution is 6.31. The van der Waals surface area contributed by atoms with Gasteiger partial charge in [0, 0.05) is 40.6 Å². The third-order valence-corrected chi connectivity index (χ3v) is 9.81. The van der Waals surface area contributed by atoms with Crippen LogP contribution in [-0.2, 0) is 14.4 Å². The lowest BCUT2D eigenvalue weighted by Crippen LogP contribution is -2.42. The predicted octanol–water partition coefficient (Wildman–Crippen LogP) is 6.30. The van der Waals surface area contributed by atoms with Gasteiger partial charge in [0.15, 0.2) is 0 Å². The molecule has 2 heterocycles. The van der Waals surface area contributed by atoms with Gasteiger partial charge < -0.3 is 20.6 Å². The monoisotopic (exact) mass is 585 g/mol. The summed E-state index contributed by atoms with van der Waals surface area (Å²) in [4.78, 5) is 40.5. The number of benzene rings is 2. The average Bonchev–Trinajstić information content (AvgIpc) is 3.40. The predicted molar refractivity (Wildman–Crippen MR) is 158 cm³/mol. The van der Waals surface area contributed by atoms with Crippen LogP contribution < -0.4 is 15.5 Å². The van der Waals surface area contributed by atoms with Crippen molar-refractivity contribution in [1.82, 2.24) is 0 Å². The third-order valence-electron chi connectivity index (χ3n) is 9.34. The van der Waals surface area contributed by atoms with Gasteiger partial charge in [-0.25, -0.2) is 0 Å². The van der Waals surface area contributed by atoms with Crippen LogP contribution in [0.25, 0.3) is 0 Å². The van der Waals surface area contributed by atoms with Crippen molar-refractivity contribution >= 4 is 52.4 Å². The summed E-state index contributed by atoms with van der Waals surface area (Å²) in [7, 11) is 0. The molecule has 214 valence electrons. The van der Waals surface area contributed by atoms with Gasteiger partial charge in [-0.15, -0.1) is 0 Å². The van der Waals surface area contributed by atoms with Crippen LogP contribution in [0.1, 0.15) is 64.2 Å². The Balaban J connectivity index is 0.000000162. The number of carboxylic acids is 1. The molecule has 3 N–H and O–H groups in total. The topological polar surface area (TPSA) is 104 Å². The summed E-state index contributed by atoms with van der Waals surface area (Å²) >= 11 is 12.0. The van der Waals surface area contributed by atoms with Crippen LogP contribution in [0, 0.1) is 16.7 Å². The standard InChI is InChI=1S/C16H18ClNO3.C15H19ClN2O/c17-12-4-1-5-13(9-12)18-8-7-16(15(18)21)6-2-3-11(10-16)14(19)20;16-11-3-1-5-13(9-11)18-8-7-15(14(18)19)6-2-4-12(17)10-15/h1,4-5,9,11H,2-3,6-8,10H2,(H,19,20);1,3,5,9,12H,2,4,6-8,10,17H2/t11-,16-;12-,15-/m00/s1. The molecule has 0 radical (unpaired) electrons. The van der Waals surface area contributed by atoms with Gasteiger partial charge in [-0.1, -0.05) is 48.2 Å². The van der Waals surface area contributed by atoms with Crippen LogP contribution in [0.5, 0.6) is 0 Å². The summed E-state index contributed by atoms with van der Waals surface area (Å²) < 4.78 is 0. The van der Waals surface area contributed by atoms with Gasteiger partial charge >= 0.3 is 5.97 Å². The second-order valence-electron chi connectivity index (χ2n) is 11.9. The Morgan fingerprint density at radius 1 is 0.800 bits per heavy atom. The zero-order chi connectivity index (χ0) is 28.5. The first kappa shape index (κ1) is 28.9. The van der Waals surface area contributed by atoms with E-state index in [1.807, 2.05) is 41.3 Å². The van der Waals surface area contributed by atoms with E-state index >= 15 is 0 Å². The van der Waals surface area contributed by atoms with E-state index in [1.165, 1.54) is 0 Å². The highest BCUT2D eigenvalue weighted by atomic mass is 35.5. The van der Waals surface area contributed by atoms with Crippen molar-refractivity contribution in [2.45, 2.75) is 70.3 Å². The summed E-state index contributed by atoms with van der Waals surface area (Å²) in [6.07, 6.45) is 8.36. The lowest BCUT2D eigenvalue weighted by atomic mass is 9.68. The number of anilines is 2. The van der Waals surface area contributed by atoms with E-state index in [9.17, 15) is 19.5 Å². The Morgan fingerprint density at radius 2 is 1.30 bits per heavy atom. The van der Waals surface area contributed by atoms with Crippen molar-refractivity contribution in [3.63, 3.8) is 0 Å². The second-order valence-corrected chi connectivity index (χ2v) is 12.8. The first-order chi connectivity index (χ1) is 19.1. The third kappa shape index (κ3) is 5.74.